The molecule has 0 saturated carbocycles. The molecule has 0 radical (unpaired) electrons. The molecule has 2 atom stereocenters. The van der Waals surface area contributed by atoms with Crippen LogP contribution in [0.5, 0.6) is 0 Å². The number of rotatable bonds is 2. The summed E-state index contributed by atoms with van der Waals surface area (Å²) >= 11 is 0. The van der Waals surface area contributed by atoms with E-state index in [4.69, 9.17) is 0 Å². The van der Waals surface area contributed by atoms with Crippen LogP contribution in [0.25, 0.3) is 0 Å². The molecular weight excluding hydrogens is 314 g/mol. The summed E-state index contributed by atoms with van der Waals surface area (Å²) in [5.41, 5.74) is 1.16. The monoisotopic (exact) mass is 337 g/mol. The number of likely N-dealkylation sites (tertiary alicyclic amines) is 1. The lowest BCUT2D eigenvalue weighted by Crippen LogP contribution is -2.39. The third-order valence-electron chi connectivity index (χ3n) is 4.57. The highest BCUT2D eigenvalue weighted by atomic mass is 35.5. The molecule has 2 heterocycles. The van der Waals surface area contributed by atoms with Gasteiger partial charge in [0.25, 0.3) is 11.8 Å². The average molecular weight is 338 g/mol. The topological polar surface area (TPSA) is 52.7 Å². The fraction of sp³-hybridized carbons (Fsp3) is 0.529. The van der Waals surface area contributed by atoms with Crippen molar-refractivity contribution in [2.75, 3.05) is 27.2 Å². The minimum Gasteiger partial charge on any atom is -0.345 e. The third-order valence-corrected chi connectivity index (χ3v) is 4.57. The van der Waals surface area contributed by atoms with Crippen molar-refractivity contribution in [2.45, 2.75) is 31.3 Å². The average Bonchev–Trinajstić information content (AvgIpc) is 2.85. The number of nitrogens with zero attached hydrogens (tertiary/aromatic N) is 2. The van der Waals surface area contributed by atoms with Gasteiger partial charge in [-0.15, -0.1) is 12.4 Å². The smallest absolute Gasteiger partial charge is 0.253 e. The summed E-state index contributed by atoms with van der Waals surface area (Å²) in [6, 6.07) is 8.02. The standard InChI is InChI=1S/C17H23N3O2.ClH/c1-19(2)16(21)12-4-3-5-13(10-12)17(22)20-9-8-14-6-7-15(11-20)18-14;/h3-5,10,14-15,18H,6-9,11H2,1-2H3;1H. The van der Waals surface area contributed by atoms with E-state index in [1.165, 1.54) is 11.3 Å². The van der Waals surface area contributed by atoms with Crippen LogP contribution < -0.4 is 5.32 Å². The second-order valence-electron chi connectivity index (χ2n) is 6.46. The molecule has 2 unspecified atom stereocenters. The van der Waals surface area contributed by atoms with Crippen molar-refractivity contribution in [2.24, 2.45) is 0 Å². The summed E-state index contributed by atoms with van der Waals surface area (Å²) in [5.74, 6) is -0.0472. The van der Waals surface area contributed by atoms with Crippen LogP contribution in [0.1, 0.15) is 40.0 Å². The Morgan fingerprint density at radius 3 is 2.57 bits per heavy atom. The Kier molecular flexibility index (Phi) is 5.65. The van der Waals surface area contributed by atoms with Crippen LogP contribution in [0.2, 0.25) is 0 Å². The summed E-state index contributed by atoms with van der Waals surface area (Å²) < 4.78 is 0. The van der Waals surface area contributed by atoms with Gasteiger partial charge in [0.05, 0.1) is 0 Å². The van der Waals surface area contributed by atoms with E-state index in [1.807, 2.05) is 4.90 Å². The lowest BCUT2D eigenvalue weighted by atomic mass is 10.1. The number of carbonyl (C=O) groups is 2. The molecule has 1 aromatic rings. The van der Waals surface area contributed by atoms with E-state index in [1.54, 1.807) is 38.4 Å². The van der Waals surface area contributed by atoms with E-state index in [0.29, 0.717) is 23.2 Å². The number of benzene rings is 1. The highest BCUT2D eigenvalue weighted by Crippen LogP contribution is 2.22. The lowest BCUT2D eigenvalue weighted by molar-refractivity contribution is 0.0748. The second kappa shape index (κ2) is 7.32. The Bertz CT molecular complexity index is 591. The first kappa shape index (κ1) is 17.8. The molecule has 0 aliphatic carbocycles. The first-order valence-electron chi connectivity index (χ1n) is 7.91. The maximum Gasteiger partial charge on any atom is 0.253 e. The Morgan fingerprint density at radius 2 is 1.83 bits per heavy atom. The van der Waals surface area contributed by atoms with Crippen molar-refractivity contribution in [3.8, 4) is 0 Å². The van der Waals surface area contributed by atoms with E-state index >= 15 is 0 Å². The Morgan fingerprint density at radius 1 is 1.13 bits per heavy atom. The maximum atomic E-state index is 12.7. The second-order valence-corrected chi connectivity index (χ2v) is 6.46. The lowest BCUT2D eigenvalue weighted by Gasteiger charge is -2.24. The minimum absolute atomic E-state index is 0. The van der Waals surface area contributed by atoms with Crippen LogP contribution in [0.4, 0.5) is 0 Å². The molecule has 126 valence electrons. The van der Waals surface area contributed by atoms with E-state index in [2.05, 4.69) is 5.32 Å². The summed E-state index contributed by atoms with van der Waals surface area (Å²) in [4.78, 5) is 28.2. The number of hydrogen-bond acceptors (Lipinski definition) is 3. The van der Waals surface area contributed by atoms with Crippen LogP contribution in [0, 0.1) is 0 Å². The van der Waals surface area contributed by atoms with Gasteiger partial charge in [0.1, 0.15) is 0 Å². The molecule has 5 nitrogen and oxygen atoms in total. The van der Waals surface area contributed by atoms with E-state index in [9.17, 15) is 9.59 Å². The molecule has 0 aromatic heterocycles. The SMILES string of the molecule is CN(C)C(=O)c1cccc(C(=O)N2CCC3CCC(C2)N3)c1.Cl. The molecule has 2 aliphatic rings. The zero-order chi connectivity index (χ0) is 15.7. The van der Waals surface area contributed by atoms with Gasteiger partial charge in [0.15, 0.2) is 0 Å². The summed E-state index contributed by atoms with van der Waals surface area (Å²) in [6.07, 6.45) is 3.38. The molecule has 0 spiro atoms. The molecular formula is C17H24ClN3O2. The van der Waals surface area contributed by atoms with Gasteiger partial charge in [0.2, 0.25) is 0 Å². The van der Waals surface area contributed by atoms with Gasteiger partial charge in [-0.1, -0.05) is 6.07 Å². The van der Waals surface area contributed by atoms with Gasteiger partial charge in [-0.2, -0.15) is 0 Å². The highest BCUT2D eigenvalue weighted by Gasteiger charge is 2.31. The van der Waals surface area contributed by atoms with E-state index in [-0.39, 0.29) is 24.2 Å². The zero-order valence-corrected chi connectivity index (χ0v) is 14.4. The molecule has 3 rings (SSSR count). The van der Waals surface area contributed by atoms with Crippen LogP contribution in [-0.2, 0) is 0 Å². The fourth-order valence-electron chi connectivity index (χ4n) is 3.35. The van der Waals surface area contributed by atoms with E-state index in [0.717, 1.165) is 25.9 Å². The van der Waals surface area contributed by atoms with E-state index < -0.39 is 0 Å². The number of amides is 2. The van der Waals surface area contributed by atoms with Crippen LogP contribution in [0.15, 0.2) is 24.3 Å². The molecule has 2 saturated heterocycles. The largest absolute Gasteiger partial charge is 0.345 e. The zero-order valence-electron chi connectivity index (χ0n) is 13.6. The Hall–Kier alpha value is -1.59. The number of hydrogen-bond donors (Lipinski definition) is 1. The van der Waals surface area contributed by atoms with Crippen molar-refractivity contribution in [1.29, 1.82) is 0 Å². The van der Waals surface area contributed by atoms with Gasteiger partial charge in [-0.3, -0.25) is 9.59 Å². The number of fused-ring (bicyclic) bond motifs is 2. The summed E-state index contributed by atoms with van der Waals surface area (Å²) in [5, 5.41) is 3.58. The maximum absolute atomic E-state index is 12.7. The van der Waals surface area contributed by atoms with Crippen LogP contribution in [-0.4, -0.2) is 60.9 Å². The summed E-state index contributed by atoms with van der Waals surface area (Å²) in [7, 11) is 3.43. The first-order chi connectivity index (χ1) is 10.5. The van der Waals surface area contributed by atoms with Crippen molar-refractivity contribution in [3.05, 3.63) is 35.4 Å². The fourth-order valence-corrected chi connectivity index (χ4v) is 3.35. The summed E-state index contributed by atoms with van der Waals surface area (Å²) in [6.45, 7) is 1.56. The van der Waals surface area contributed by atoms with Gasteiger partial charge in [-0.25, -0.2) is 0 Å². The minimum atomic E-state index is -0.0776. The normalized spacial score (nSPS) is 23.0. The number of nitrogens with one attached hydrogen (secondary N) is 1. The van der Waals surface area contributed by atoms with Crippen LogP contribution in [0.3, 0.4) is 0 Å². The Labute approximate surface area is 143 Å². The Balaban J connectivity index is 0.00000192. The predicted octanol–water partition coefficient (Wildman–Crippen LogP) is 1.78. The molecule has 1 N–H and O–H groups in total. The highest BCUT2D eigenvalue weighted by molar-refractivity contribution is 5.99. The third kappa shape index (κ3) is 3.85. The quantitative estimate of drug-likeness (QED) is 0.895. The molecule has 2 bridgehead atoms. The first-order valence-corrected chi connectivity index (χ1v) is 7.91. The van der Waals surface area contributed by atoms with Crippen molar-refractivity contribution in [3.63, 3.8) is 0 Å². The van der Waals surface area contributed by atoms with Crippen LogP contribution >= 0.6 is 12.4 Å². The van der Waals surface area contributed by atoms with Gasteiger partial charge in [-0.05, 0) is 37.5 Å². The van der Waals surface area contributed by atoms with Gasteiger partial charge in [0, 0.05) is 50.4 Å². The number of halogens is 1. The molecule has 2 amide bonds. The van der Waals surface area contributed by atoms with Crippen molar-refractivity contribution in [1.82, 2.24) is 15.1 Å². The number of carbonyl (C=O) groups excluding carboxylic acids is 2. The molecule has 2 fully saturated rings. The van der Waals surface area contributed by atoms with Crippen molar-refractivity contribution < 1.29 is 9.59 Å². The molecule has 2 aliphatic heterocycles. The molecule has 6 heteroatoms. The predicted molar refractivity (Wildman–Crippen MR) is 92.2 cm³/mol. The van der Waals surface area contributed by atoms with Gasteiger partial charge >= 0.3 is 0 Å². The molecule has 23 heavy (non-hydrogen) atoms. The van der Waals surface area contributed by atoms with Crippen molar-refractivity contribution >= 4 is 24.2 Å². The molecule has 1 aromatic carbocycles. The van der Waals surface area contributed by atoms with Gasteiger partial charge < -0.3 is 15.1 Å².